The van der Waals surface area contributed by atoms with E-state index in [4.69, 9.17) is 4.74 Å². The summed E-state index contributed by atoms with van der Waals surface area (Å²) in [6.07, 6.45) is 1.84. The number of ether oxygens (including phenoxy) is 1. The van der Waals surface area contributed by atoms with E-state index in [-0.39, 0.29) is 11.9 Å². The Hall–Kier alpha value is -2.62. The van der Waals surface area contributed by atoms with Gasteiger partial charge in [0.05, 0.1) is 12.2 Å². The number of carbonyl (C=O) groups excluding carboxylic acids is 2. The Labute approximate surface area is 142 Å². The van der Waals surface area contributed by atoms with Crippen LogP contribution in [0.15, 0.2) is 42.5 Å². The molecule has 0 fully saturated rings. The first kappa shape index (κ1) is 17.7. The number of hydrogen-bond acceptors (Lipinski definition) is 3. The van der Waals surface area contributed by atoms with Crippen molar-refractivity contribution in [1.29, 1.82) is 0 Å². The maximum absolute atomic E-state index is 12.3. The van der Waals surface area contributed by atoms with E-state index in [1.807, 2.05) is 39.0 Å². The largest absolute Gasteiger partial charge is 0.462 e. The molecule has 126 valence electrons. The smallest absolute Gasteiger partial charge is 0.338 e. The van der Waals surface area contributed by atoms with Crippen LogP contribution in [0, 0.1) is 13.8 Å². The molecule has 1 N–H and O–H groups in total. The third-order valence-electron chi connectivity index (χ3n) is 3.74. The number of nitrogens with one attached hydrogen (secondary N) is 1. The summed E-state index contributed by atoms with van der Waals surface area (Å²) in [4.78, 5) is 24.2. The number of unbranched alkanes of at least 4 members (excludes halogenated alkanes) is 1. The Morgan fingerprint density at radius 3 is 2.38 bits per heavy atom. The molecule has 4 nitrogen and oxygen atoms in total. The van der Waals surface area contributed by atoms with Gasteiger partial charge in [0.2, 0.25) is 0 Å². The zero-order valence-corrected chi connectivity index (χ0v) is 14.4. The van der Waals surface area contributed by atoms with Crippen molar-refractivity contribution in [2.45, 2.75) is 33.6 Å². The van der Waals surface area contributed by atoms with Crippen LogP contribution in [0.2, 0.25) is 0 Å². The van der Waals surface area contributed by atoms with E-state index in [1.54, 1.807) is 24.3 Å². The predicted octanol–water partition coefficient (Wildman–Crippen LogP) is 4.51. The van der Waals surface area contributed by atoms with Crippen molar-refractivity contribution in [3.8, 4) is 0 Å². The number of anilines is 1. The standard InChI is InChI=1S/C20H23NO3/c1-4-5-12-24-20(23)16-7-9-17(10-8-16)21-19(22)18-11-6-14(2)13-15(18)3/h6-11,13H,4-5,12H2,1-3H3,(H,21,22). The summed E-state index contributed by atoms with van der Waals surface area (Å²) in [6, 6.07) is 12.4. The number of hydrogen-bond donors (Lipinski definition) is 1. The number of esters is 1. The molecule has 2 rings (SSSR count). The van der Waals surface area contributed by atoms with Crippen LogP contribution in [-0.2, 0) is 4.74 Å². The monoisotopic (exact) mass is 325 g/mol. The zero-order chi connectivity index (χ0) is 17.5. The second-order valence-corrected chi connectivity index (χ2v) is 5.84. The minimum atomic E-state index is -0.337. The molecule has 0 bridgehead atoms. The van der Waals surface area contributed by atoms with Crippen LogP contribution in [0.3, 0.4) is 0 Å². The predicted molar refractivity (Wildman–Crippen MR) is 95.5 cm³/mol. The highest BCUT2D eigenvalue weighted by Gasteiger charge is 2.11. The maximum atomic E-state index is 12.3. The molecule has 0 atom stereocenters. The van der Waals surface area contributed by atoms with Gasteiger partial charge in [-0.15, -0.1) is 0 Å². The van der Waals surface area contributed by atoms with E-state index >= 15 is 0 Å². The van der Waals surface area contributed by atoms with Gasteiger partial charge in [-0.3, -0.25) is 4.79 Å². The number of aryl methyl sites for hydroxylation is 2. The molecule has 0 aliphatic heterocycles. The summed E-state index contributed by atoms with van der Waals surface area (Å²) in [5.41, 5.74) is 3.82. The summed E-state index contributed by atoms with van der Waals surface area (Å²) < 4.78 is 5.16. The molecule has 1 amide bonds. The molecule has 0 heterocycles. The highest BCUT2D eigenvalue weighted by Crippen LogP contribution is 2.15. The van der Waals surface area contributed by atoms with Gasteiger partial charge < -0.3 is 10.1 Å². The lowest BCUT2D eigenvalue weighted by atomic mass is 10.1. The van der Waals surface area contributed by atoms with E-state index in [9.17, 15) is 9.59 Å². The normalized spacial score (nSPS) is 10.3. The molecule has 0 radical (unpaired) electrons. The quantitative estimate of drug-likeness (QED) is 0.628. The van der Waals surface area contributed by atoms with Crippen molar-refractivity contribution in [2.75, 3.05) is 11.9 Å². The lowest BCUT2D eigenvalue weighted by Gasteiger charge is -2.09. The minimum absolute atomic E-state index is 0.161. The average molecular weight is 325 g/mol. The van der Waals surface area contributed by atoms with Crippen molar-refractivity contribution in [2.24, 2.45) is 0 Å². The number of carbonyl (C=O) groups is 2. The third kappa shape index (κ3) is 4.69. The molecule has 24 heavy (non-hydrogen) atoms. The molecule has 0 aromatic heterocycles. The molecule has 2 aromatic rings. The molecule has 0 aliphatic carbocycles. The fourth-order valence-corrected chi connectivity index (χ4v) is 2.35. The Kier molecular flexibility index (Phi) is 6.13. The van der Waals surface area contributed by atoms with Gasteiger partial charge in [-0.1, -0.05) is 31.0 Å². The summed E-state index contributed by atoms with van der Waals surface area (Å²) in [5.74, 6) is -0.499. The van der Waals surface area contributed by atoms with Crippen LogP contribution in [-0.4, -0.2) is 18.5 Å². The average Bonchev–Trinajstić information content (AvgIpc) is 2.55. The minimum Gasteiger partial charge on any atom is -0.462 e. The summed E-state index contributed by atoms with van der Waals surface area (Å²) in [5, 5.41) is 2.85. The molecular weight excluding hydrogens is 302 g/mol. The first-order valence-corrected chi connectivity index (χ1v) is 8.17. The van der Waals surface area contributed by atoms with Crippen molar-refractivity contribution < 1.29 is 14.3 Å². The van der Waals surface area contributed by atoms with Gasteiger partial charge in [-0.05, 0) is 56.2 Å². The van der Waals surface area contributed by atoms with Gasteiger partial charge in [0.15, 0.2) is 0 Å². The Balaban J connectivity index is 2.00. The number of benzene rings is 2. The highest BCUT2D eigenvalue weighted by atomic mass is 16.5. The molecule has 0 saturated heterocycles. The third-order valence-corrected chi connectivity index (χ3v) is 3.74. The van der Waals surface area contributed by atoms with Crippen LogP contribution in [0.25, 0.3) is 0 Å². The topological polar surface area (TPSA) is 55.4 Å². The fourth-order valence-electron chi connectivity index (χ4n) is 2.35. The van der Waals surface area contributed by atoms with Crippen molar-refractivity contribution in [1.82, 2.24) is 0 Å². The summed E-state index contributed by atoms with van der Waals surface area (Å²) in [7, 11) is 0. The van der Waals surface area contributed by atoms with Gasteiger partial charge >= 0.3 is 5.97 Å². The van der Waals surface area contributed by atoms with Crippen molar-refractivity contribution in [3.05, 3.63) is 64.7 Å². The van der Waals surface area contributed by atoms with E-state index in [0.29, 0.717) is 23.4 Å². The van der Waals surface area contributed by atoms with Gasteiger partial charge in [0, 0.05) is 11.3 Å². The first-order chi connectivity index (χ1) is 11.5. The first-order valence-electron chi connectivity index (χ1n) is 8.17. The number of amides is 1. The Morgan fingerprint density at radius 1 is 1.04 bits per heavy atom. The molecule has 0 saturated carbocycles. The van der Waals surface area contributed by atoms with E-state index in [2.05, 4.69) is 5.32 Å². The van der Waals surface area contributed by atoms with E-state index in [0.717, 1.165) is 24.0 Å². The Morgan fingerprint density at radius 2 is 1.75 bits per heavy atom. The molecule has 0 spiro atoms. The van der Waals surface area contributed by atoms with Crippen LogP contribution >= 0.6 is 0 Å². The second kappa shape index (κ2) is 8.29. The van der Waals surface area contributed by atoms with Crippen molar-refractivity contribution >= 4 is 17.6 Å². The maximum Gasteiger partial charge on any atom is 0.338 e. The van der Waals surface area contributed by atoms with Crippen LogP contribution in [0.1, 0.15) is 51.6 Å². The lowest BCUT2D eigenvalue weighted by molar-refractivity contribution is 0.0499. The van der Waals surface area contributed by atoms with Crippen LogP contribution in [0.5, 0.6) is 0 Å². The SMILES string of the molecule is CCCCOC(=O)c1ccc(NC(=O)c2ccc(C)cc2C)cc1. The van der Waals surface area contributed by atoms with Crippen LogP contribution < -0.4 is 5.32 Å². The molecule has 4 heteroatoms. The van der Waals surface area contributed by atoms with Gasteiger partial charge in [0.1, 0.15) is 0 Å². The van der Waals surface area contributed by atoms with Gasteiger partial charge in [0.25, 0.3) is 5.91 Å². The van der Waals surface area contributed by atoms with E-state index < -0.39 is 0 Å². The summed E-state index contributed by atoms with van der Waals surface area (Å²) >= 11 is 0. The van der Waals surface area contributed by atoms with Gasteiger partial charge in [-0.25, -0.2) is 4.79 Å². The zero-order valence-electron chi connectivity index (χ0n) is 14.4. The lowest BCUT2D eigenvalue weighted by Crippen LogP contribution is -2.13. The van der Waals surface area contributed by atoms with E-state index in [1.165, 1.54) is 0 Å². The fraction of sp³-hybridized carbons (Fsp3) is 0.300. The van der Waals surface area contributed by atoms with Gasteiger partial charge in [-0.2, -0.15) is 0 Å². The highest BCUT2D eigenvalue weighted by molar-refractivity contribution is 6.05. The number of rotatable bonds is 6. The van der Waals surface area contributed by atoms with Crippen LogP contribution in [0.4, 0.5) is 5.69 Å². The van der Waals surface area contributed by atoms with Crippen molar-refractivity contribution in [3.63, 3.8) is 0 Å². The Bertz CT molecular complexity index is 720. The second-order valence-electron chi connectivity index (χ2n) is 5.84. The molecule has 0 unspecified atom stereocenters. The molecule has 0 aliphatic rings. The summed E-state index contributed by atoms with van der Waals surface area (Å²) in [6.45, 7) is 6.38. The molecule has 2 aromatic carbocycles. The molecular formula is C20H23NO3.